The molecular formula is C14H13F3N2O4S2. The van der Waals surface area contributed by atoms with E-state index in [1.54, 1.807) is 0 Å². The van der Waals surface area contributed by atoms with Crippen LogP contribution in [0.2, 0.25) is 0 Å². The zero-order valence-corrected chi connectivity index (χ0v) is 14.3. The minimum absolute atomic E-state index is 0.0768. The lowest BCUT2D eigenvalue weighted by molar-refractivity contribution is -0.139. The molecule has 2 aromatic rings. The molecule has 6 nitrogen and oxygen atoms in total. The molecule has 0 unspecified atom stereocenters. The lowest BCUT2D eigenvalue weighted by atomic mass is 10.2. The summed E-state index contributed by atoms with van der Waals surface area (Å²) in [7, 11) is -7.02. The van der Waals surface area contributed by atoms with E-state index in [1.165, 1.54) is 13.1 Å². The highest BCUT2D eigenvalue weighted by atomic mass is 32.2. The van der Waals surface area contributed by atoms with E-state index >= 15 is 0 Å². The van der Waals surface area contributed by atoms with Crippen molar-refractivity contribution >= 4 is 25.7 Å². The van der Waals surface area contributed by atoms with E-state index in [0.29, 0.717) is 6.07 Å². The fourth-order valence-electron chi connectivity index (χ4n) is 1.97. The third kappa shape index (κ3) is 4.30. The molecule has 2 rings (SSSR count). The van der Waals surface area contributed by atoms with Crippen LogP contribution in [-0.4, -0.2) is 23.9 Å². The molecule has 0 amide bonds. The Morgan fingerprint density at radius 1 is 0.840 bits per heavy atom. The molecule has 0 aromatic heterocycles. The number of sulfonamides is 2. The maximum atomic E-state index is 13.0. The summed E-state index contributed by atoms with van der Waals surface area (Å²) in [6, 6.07) is 8.28. The molecule has 0 aliphatic carbocycles. The van der Waals surface area contributed by atoms with Crippen molar-refractivity contribution in [3.8, 4) is 0 Å². The van der Waals surface area contributed by atoms with E-state index in [4.69, 9.17) is 0 Å². The van der Waals surface area contributed by atoms with E-state index < -0.39 is 36.7 Å². The summed E-state index contributed by atoms with van der Waals surface area (Å²) < 4.78 is 90.7. The molecule has 0 aliphatic heterocycles. The Hall–Kier alpha value is -2.11. The Labute approximate surface area is 142 Å². The molecule has 0 bridgehead atoms. The highest BCUT2D eigenvalue weighted by Gasteiger charge is 2.36. The highest BCUT2D eigenvalue weighted by molar-refractivity contribution is 7.92. The van der Waals surface area contributed by atoms with Gasteiger partial charge in [0.05, 0.1) is 15.4 Å². The van der Waals surface area contributed by atoms with Crippen molar-refractivity contribution < 1.29 is 30.0 Å². The minimum atomic E-state index is -4.84. The van der Waals surface area contributed by atoms with Gasteiger partial charge in [-0.1, -0.05) is 12.1 Å². The first kappa shape index (κ1) is 19.2. The van der Waals surface area contributed by atoms with Gasteiger partial charge in [-0.15, -0.1) is 0 Å². The average molecular weight is 394 g/mol. The first-order valence-electron chi connectivity index (χ1n) is 6.70. The average Bonchev–Trinajstić information content (AvgIpc) is 2.54. The molecule has 2 aromatic carbocycles. The normalized spacial score (nSPS) is 12.8. The van der Waals surface area contributed by atoms with Gasteiger partial charge >= 0.3 is 6.18 Å². The topological polar surface area (TPSA) is 92.3 Å². The van der Waals surface area contributed by atoms with Gasteiger partial charge in [-0.05, 0) is 43.4 Å². The number of rotatable bonds is 5. The van der Waals surface area contributed by atoms with E-state index in [1.807, 2.05) is 4.72 Å². The molecule has 0 heterocycles. The minimum Gasteiger partial charge on any atom is -0.280 e. The smallest absolute Gasteiger partial charge is 0.280 e. The quantitative estimate of drug-likeness (QED) is 0.815. The van der Waals surface area contributed by atoms with E-state index in [2.05, 4.69) is 4.72 Å². The monoisotopic (exact) mass is 394 g/mol. The van der Waals surface area contributed by atoms with Crippen LogP contribution in [0.4, 0.5) is 18.9 Å². The van der Waals surface area contributed by atoms with Crippen LogP contribution in [0.15, 0.2) is 58.3 Å². The number of nitrogens with one attached hydrogen (secondary N) is 2. The molecule has 0 spiro atoms. The van der Waals surface area contributed by atoms with E-state index in [9.17, 15) is 30.0 Å². The fraction of sp³-hybridized carbons (Fsp3) is 0.143. The standard InChI is InChI=1S/C14H13F3N2O4S2/c1-18-24(20,21)11-8-6-10(7-9-11)19-25(22,23)13-5-3-2-4-12(13)14(15,16)17/h2-9,18-19H,1H3. The summed E-state index contributed by atoms with van der Waals surface area (Å²) in [5.41, 5.74) is -1.37. The number of hydrogen-bond donors (Lipinski definition) is 2. The van der Waals surface area contributed by atoms with Crippen LogP contribution in [0, 0.1) is 0 Å². The van der Waals surface area contributed by atoms with Crippen LogP contribution in [0.5, 0.6) is 0 Å². The van der Waals surface area contributed by atoms with Gasteiger partial charge in [0, 0.05) is 5.69 Å². The zero-order valence-electron chi connectivity index (χ0n) is 12.7. The molecule has 0 aliphatic rings. The van der Waals surface area contributed by atoms with Crippen molar-refractivity contribution in [2.45, 2.75) is 16.0 Å². The van der Waals surface area contributed by atoms with Crippen LogP contribution in [0.1, 0.15) is 5.56 Å². The fourth-order valence-corrected chi connectivity index (χ4v) is 3.98. The number of benzene rings is 2. The molecule has 2 N–H and O–H groups in total. The second-order valence-corrected chi connectivity index (χ2v) is 8.37. The lowest BCUT2D eigenvalue weighted by Crippen LogP contribution is -2.20. The van der Waals surface area contributed by atoms with Crippen LogP contribution in [-0.2, 0) is 26.2 Å². The third-order valence-corrected chi connectivity index (χ3v) is 6.04. The first-order chi connectivity index (χ1) is 11.5. The number of anilines is 1. The van der Waals surface area contributed by atoms with E-state index in [-0.39, 0.29) is 10.6 Å². The summed E-state index contributed by atoms with van der Waals surface area (Å²) in [6.45, 7) is 0. The summed E-state index contributed by atoms with van der Waals surface area (Å²) in [4.78, 5) is -1.04. The van der Waals surface area contributed by atoms with Crippen molar-refractivity contribution in [3.05, 3.63) is 54.1 Å². The van der Waals surface area contributed by atoms with Gasteiger partial charge < -0.3 is 0 Å². The summed E-state index contributed by atoms with van der Waals surface area (Å²) in [5.74, 6) is 0. The van der Waals surface area contributed by atoms with Crippen LogP contribution in [0.3, 0.4) is 0 Å². The van der Waals surface area contributed by atoms with Gasteiger partial charge in [-0.3, -0.25) is 4.72 Å². The Kier molecular flexibility index (Phi) is 5.11. The van der Waals surface area contributed by atoms with Crippen molar-refractivity contribution in [1.82, 2.24) is 4.72 Å². The van der Waals surface area contributed by atoms with Gasteiger partial charge in [0.2, 0.25) is 10.0 Å². The van der Waals surface area contributed by atoms with Gasteiger partial charge in [0.25, 0.3) is 10.0 Å². The SMILES string of the molecule is CNS(=O)(=O)c1ccc(NS(=O)(=O)c2ccccc2C(F)(F)F)cc1. The maximum absolute atomic E-state index is 13.0. The van der Waals surface area contributed by atoms with Crippen molar-refractivity contribution in [1.29, 1.82) is 0 Å². The molecule has 136 valence electrons. The predicted molar refractivity (Wildman–Crippen MR) is 84.9 cm³/mol. The maximum Gasteiger partial charge on any atom is 0.417 e. The molecule has 11 heteroatoms. The molecule has 0 atom stereocenters. The van der Waals surface area contributed by atoms with Crippen molar-refractivity contribution in [3.63, 3.8) is 0 Å². The predicted octanol–water partition coefficient (Wildman–Crippen LogP) is 2.41. The van der Waals surface area contributed by atoms with Crippen LogP contribution in [0.25, 0.3) is 0 Å². The Morgan fingerprint density at radius 2 is 1.40 bits per heavy atom. The largest absolute Gasteiger partial charge is 0.417 e. The molecule has 0 saturated carbocycles. The van der Waals surface area contributed by atoms with Crippen LogP contribution < -0.4 is 9.44 Å². The van der Waals surface area contributed by atoms with Gasteiger partial charge in [-0.25, -0.2) is 21.6 Å². The number of halogens is 3. The molecule has 25 heavy (non-hydrogen) atoms. The number of alkyl halides is 3. The Bertz CT molecular complexity index is 970. The van der Waals surface area contributed by atoms with Crippen molar-refractivity contribution in [2.24, 2.45) is 0 Å². The third-order valence-electron chi connectivity index (χ3n) is 3.17. The summed E-state index contributed by atoms with van der Waals surface area (Å²) in [6.07, 6.45) is -4.84. The second-order valence-electron chi connectivity index (χ2n) is 4.83. The lowest BCUT2D eigenvalue weighted by Gasteiger charge is -2.14. The second kappa shape index (κ2) is 6.65. The first-order valence-corrected chi connectivity index (χ1v) is 9.67. The van der Waals surface area contributed by atoms with E-state index in [0.717, 1.165) is 36.4 Å². The molecule has 0 saturated heterocycles. The molecular weight excluding hydrogens is 381 g/mol. The summed E-state index contributed by atoms with van der Waals surface area (Å²) >= 11 is 0. The van der Waals surface area contributed by atoms with Gasteiger partial charge in [0.15, 0.2) is 0 Å². The zero-order chi connectivity index (χ0) is 18.9. The van der Waals surface area contributed by atoms with Gasteiger partial charge in [0.1, 0.15) is 0 Å². The number of hydrogen-bond acceptors (Lipinski definition) is 4. The summed E-state index contributed by atoms with van der Waals surface area (Å²) in [5, 5.41) is 0. The Morgan fingerprint density at radius 3 is 1.92 bits per heavy atom. The van der Waals surface area contributed by atoms with Crippen LogP contribution >= 0.6 is 0 Å². The Balaban J connectivity index is 2.38. The molecule has 0 fully saturated rings. The molecule has 0 radical (unpaired) electrons. The van der Waals surface area contributed by atoms with Crippen molar-refractivity contribution in [2.75, 3.05) is 11.8 Å². The highest BCUT2D eigenvalue weighted by Crippen LogP contribution is 2.34. The van der Waals surface area contributed by atoms with Gasteiger partial charge in [-0.2, -0.15) is 13.2 Å².